The Morgan fingerprint density at radius 2 is 1.55 bits per heavy atom. The molecule has 6 nitrogen and oxygen atoms in total. The highest BCUT2D eigenvalue weighted by molar-refractivity contribution is 5.80. The number of hydrogen-bond donors (Lipinski definition) is 1. The Balaban J connectivity index is 2.04. The zero-order valence-electron chi connectivity index (χ0n) is 18.3. The Morgan fingerprint density at radius 1 is 0.931 bits per heavy atom. The van der Waals surface area contributed by atoms with Gasteiger partial charge >= 0.3 is 0 Å². The predicted octanol–water partition coefficient (Wildman–Crippen LogP) is 4.23. The molecule has 0 aliphatic carbocycles. The molecule has 6 heteroatoms. The van der Waals surface area contributed by atoms with Crippen molar-refractivity contribution in [3.8, 4) is 23.0 Å². The third-order valence-electron chi connectivity index (χ3n) is 4.79. The van der Waals surface area contributed by atoms with E-state index in [1.165, 1.54) is 5.56 Å². The van der Waals surface area contributed by atoms with Gasteiger partial charge in [0.05, 0.1) is 21.3 Å². The summed E-state index contributed by atoms with van der Waals surface area (Å²) < 4.78 is 21.8. The van der Waals surface area contributed by atoms with Crippen molar-refractivity contribution in [1.29, 1.82) is 0 Å². The third kappa shape index (κ3) is 5.56. The zero-order valence-corrected chi connectivity index (χ0v) is 18.3. The molecule has 158 valence electrons. The van der Waals surface area contributed by atoms with E-state index in [-0.39, 0.29) is 12.5 Å². The van der Waals surface area contributed by atoms with Gasteiger partial charge in [-0.3, -0.25) is 4.79 Å². The summed E-state index contributed by atoms with van der Waals surface area (Å²) in [4.78, 5) is 12.5. The van der Waals surface area contributed by atoms with Gasteiger partial charge in [0.2, 0.25) is 0 Å². The number of carbonyl (C=O) groups excluding carboxylic acids is 1. The molecule has 2 aromatic rings. The number of carbonyl (C=O) groups is 1. The molecule has 0 fully saturated rings. The summed E-state index contributed by atoms with van der Waals surface area (Å²) >= 11 is 0. The topological polar surface area (TPSA) is 66.0 Å². The van der Waals surface area contributed by atoms with Crippen molar-refractivity contribution in [3.05, 3.63) is 47.0 Å². The summed E-state index contributed by atoms with van der Waals surface area (Å²) in [6.45, 7) is 8.37. The van der Waals surface area contributed by atoms with Crippen LogP contribution >= 0.6 is 0 Å². The summed E-state index contributed by atoms with van der Waals surface area (Å²) in [5.74, 6) is 2.65. The maximum atomic E-state index is 12.5. The molecule has 2 rings (SSSR count). The molecule has 0 aromatic heterocycles. The van der Waals surface area contributed by atoms with Crippen LogP contribution in [0.2, 0.25) is 0 Å². The molecule has 0 radical (unpaired) electrons. The molecule has 0 saturated carbocycles. The summed E-state index contributed by atoms with van der Waals surface area (Å²) in [7, 11) is 4.70. The van der Waals surface area contributed by atoms with E-state index in [4.69, 9.17) is 18.9 Å². The van der Waals surface area contributed by atoms with Crippen LogP contribution in [0.3, 0.4) is 0 Å². The Bertz CT molecular complexity index is 847. The highest BCUT2D eigenvalue weighted by atomic mass is 16.5. The van der Waals surface area contributed by atoms with Gasteiger partial charge in [-0.05, 0) is 49.1 Å². The second kappa shape index (κ2) is 10.0. The van der Waals surface area contributed by atoms with E-state index in [2.05, 4.69) is 32.2 Å². The highest BCUT2D eigenvalue weighted by Crippen LogP contribution is 2.34. The van der Waals surface area contributed by atoms with Gasteiger partial charge < -0.3 is 24.3 Å². The van der Waals surface area contributed by atoms with Crippen LogP contribution in [0.4, 0.5) is 0 Å². The molecule has 0 bridgehead atoms. The Kier molecular flexibility index (Phi) is 7.76. The van der Waals surface area contributed by atoms with Crippen molar-refractivity contribution in [1.82, 2.24) is 5.32 Å². The second-order valence-electron chi connectivity index (χ2n) is 7.17. The number of ether oxygens (including phenoxy) is 4. The van der Waals surface area contributed by atoms with Gasteiger partial charge in [0.1, 0.15) is 11.5 Å². The van der Waals surface area contributed by atoms with Gasteiger partial charge in [-0.25, -0.2) is 0 Å². The fourth-order valence-corrected chi connectivity index (χ4v) is 3.18. The minimum absolute atomic E-state index is 0.215. The van der Waals surface area contributed by atoms with Crippen molar-refractivity contribution >= 4 is 5.91 Å². The number of hydrogen-bond acceptors (Lipinski definition) is 5. The van der Waals surface area contributed by atoms with E-state index >= 15 is 0 Å². The van der Waals surface area contributed by atoms with Crippen LogP contribution in [0.5, 0.6) is 23.0 Å². The van der Waals surface area contributed by atoms with Gasteiger partial charge in [0, 0.05) is 18.2 Å². The van der Waals surface area contributed by atoms with Gasteiger partial charge in [-0.1, -0.05) is 19.9 Å². The fourth-order valence-electron chi connectivity index (χ4n) is 3.18. The number of aryl methyl sites for hydroxylation is 1. The Labute approximate surface area is 173 Å². The number of rotatable bonds is 9. The molecule has 0 aliphatic heterocycles. The molecular formula is C23H31NO5. The SMILES string of the molecule is COc1cc(OC)c(OC)cc1CNC(=O)C(C)Oc1ccc(C(C)C)c(C)c1. The van der Waals surface area contributed by atoms with Gasteiger partial charge in [0.15, 0.2) is 17.6 Å². The average Bonchev–Trinajstić information content (AvgIpc) is 2.70. The predicted molar refractivity (Wildman–Crippen MR) is 113 cm³/mol. The lowest BCUT2D eigenvalue weighted by atomic mass is 9.98. The molecule has 0 spiro atoms. The normalized spacial score (nSPS) is 11.7. The Hall–Kier alpha value is -2.89. The smallest absolute Gasteiger partial charge is 0.261 e. The molecule has 0 saturated heterocycles. The quantitative estimate of drug-likeness (QED) is 0.681. The molecule has 2 aromatic carbocycles. The van der Waals surface area contributed by atoms with Gasteiger partial charge in [0.25, 0.3) is 5.91 Å². The number of amides is 1. The lowest BCUT2D eigenvalue weighted by molar-refractivity contribution is -0.127. The van der Waals surface area contributed by atoms with E-state index in [1.807, 2.05) is 12.1 Å². The average molecular weight is 402 g/mol. The highest BCUT2D eigenvalue weighted by Gasteiger charge is 2.17. The van der Waals surface area contributed by atoms with E-state index in [0.29, 0.717) is 28.9 Å². The van der Waals surface area contributed by atoms with Crippen molar-refractivity contribution in [2.24, 2.45) is 0 Å². The Morgan fingerprint density at radius 3 is 2.10 bits per heavy atom. The molecule has 1 amide bonds. The van der Waals surface area contributed by atoms with Gasteiger partial charge in [-0.15, -0.1) is 0 Å². The van der Waals surface area contributed by atoms with E-state index in [0.717, 1.165) is 11.1 Å². The second-order valence-corrected chi connectivity index (χ2v) is 7.17. The maximum Gasteiger partial charge on any atom is 0.261 e. The number of benzene rings is 2. The zero-order chi connectivity index (χ0) is 21.6. The first kappa shape index (κ1) is 22.4. The number of nitrogens with one attached hydrogen (secondary N) is 1. The van der Waals surface area contributed by atoms with Crippen LogP contribution in [0.25, 0.3) is 0 Å². The van der Waals surface area contributed by atoms with Crippen molar-refractivity contribution in [3.63, 3.8) is 0 Å². The van der Waals surface area contributed by atoms with Gasteiger partial charge in [-0.2, -0.15) is 0 Å². The van der Waals surface area contributed by atoms with Crippen LogP contribution in [0.15, 0.2) is 30.3 Å². The monoisotopic (exact) mass is 401 g/mol. The first-order valence-electron chi connectivity index (χ1n) is 9.64. The summed E-state index contributed by atoms with van der Waals surface area (Å²) in [5, 5.41) is 2.89. The fraction of sp³-hybridized carbons (Fsp3) is 0.435. The minimum atomic E-state index is -0.634. The van der Waals surface area contributed by atoms with Crippen molar-refractivity contribution in [2.75, 3.05) is 21.3 Å². The van der Waals surface area contributed by atoms with E-state index in [1.54, 1.807) is 40.4 Å². The molecule has 29 heavy (non-hydrogen) atoms. The molecule has 1 N–H and O–H groups in total. The number of methoxy groups -OCH3 is 3. The summed E-state index contributed by atoms with van der Waals surface area (Å²) in [5.41, 5.74) is 3.21. The third-order valence-corrected chi connectivity index (χ3v) is 4.79. The largest absolute Gasteiger partial charge is 0.496 e. The summed E-state index contributed by atoms with van der Waals surface area (Å²) in [6.07, 6.45) is -0.634. The lowest BCUT2D eigenvalue weighted by Gasteiger charge is -2.18. The van der Waals surface area contributed by atoms with Crippen LogP contribution in [-0.4, -0.2) is 33.3 Å². The minimum Gasteiger partial charge on any atom is -0.496 e. The molecular weight excluding hydrogens is 370 g/mol. The van der Waals surface area contributed by atoms with E-state index in [9.17, 15) is 4.79 Å². The molecule has 0 aliphatic rings. The van der Waals surface area contributed by atoms with E-state index < -0.39 is 6.10 Å². The maximum absolute atomic E-state index is 12.5. The molecule has 1 atom stereocenters. The van der Waals surface area contributed by atoms with Crippen molar-refractivity contribution in [2.45, 2.75) is 46.3 Å². The van der Waals surface area contributed by atoms with Crippen LogP contribution in [-0.2, 0) is 11.3 Å². The summed E-state index contributed by atoms with van der Waals surface area (Å²) in [6, 6.07) is 9.45. The van der Waals surface area contributed by atoms with Crippen LogP contribution < -0.4 is 24.3 Å². The standard InChI is InChI=1S/C23H31NO5/c1-14(2)19-9-8-18(10-15(19)3)29-16(4)23(25)24-13-17-11-21(27-6)22(28-7)12-20(17)26-5/h8-12,14,16H,13H2,1-7H3,(H,24,25). The lowest BCUT2D eigenvalue weighted by Crippen LogP contribution is -2.36. The molecule has 0 heterocycles. The van der Waals surface area contributed by atoms with Crippen molar-refractivity contribution < 1.29 is 23.7 Å². The van der Waals surface area contributed by atoms with Crippen LogP contribution in [0, 0.1) is 6.92 Å². The first-order chi connectivity index (χ1) is 13.8. The first-order valence-corrected chi connectivity index (χ1v) is 9.64. The van der Waals surface area contributed by atoms with Crippen LogP contribution in [0.1, 0.15) is 43.4 Å². The molecule has 1 unspecified atom stereocenters.